The lowest BCUT2D eigenvalue weighted by molar-refractivity contribution is -0.133. The van der Waals surface area contributed by atoms with E-state index in [0.717, 1.165) is 17.1 Å². The fourth-order valence-corrected chi connectivity index (χ4v) is 3.74. The number of hydrogen-bond acceptors (Lipinski definition) is 5. The zero-order chi connectivity index (χ0) is 22.7. The van der Waals surface area contributed by atoms with Gasteiger partial charge in [-0.3, -0.25) is 4.79 Å². The number of nitrogens with zero attached hydrogens (tertiary/aromatic N) is 4. The van der Waals surface area contributed by atoms with Gasteiger partial charge < -0.3 is 14.5 Å². The van der Waals surface area contributed by atoms with E-state index in [9.17, 15) is 9.18 Å². The minimum atomic E-state index is -0.321. The molecule has 0 atom stereocenters. The molecular formula is C24H24ClFN4O2. The van der Waals surface area contributed by atoms with Crippen molar-refractivity contribution in [2.45, 2.75) is 13.8 Å². The minimum Gasteiger partial charge on any atom is -0.484 e. The Bertz CT molecular complexity index is 1120. The summed E-state index contributed by atoms with van der Waals surface area (Å²) in [5, 5.41) is 0.621. The molecule has 0 unspecified atom stereocenters. The second-order valence-electron chi connectivity index (χ2n) is 7.70. The smallest absolute Gasteiger partial charge is 0.260 e. The number of aromatic nitrogens is 2. The van der Waals surface area contributed by atoms with E-state index in [1.165, 1.54) is 12.1 Å². The molecule has 0 aliphatic carbocycles. The molecule has 1 aliphatic heterocycles. The maximum Gasteiger partial charge on any atom is 0.260 e. The summed E-state index contributed by atoms with van der Waals surface area (Å²) in [5.74, 6) is 1.55. The molecule has 2 aromatic carbocycles. The second-order valence-corrected chi connectivity index (χ2v) is 8.14. The van der Waals surface area contributed by atoms with Crippen molar-refractivity contribution >= 4 is 23.3 Å². The van der Waals surface area contributed by atoms with Crippen molar-refractivity contribution in [2.75, 3.05) is 37.7 Å². The Kier molecular flexibility index (Phi) is 6.55. The molecule has 1 saturated heterocycles. The van der Waals surface area contributed by atoms with Crippen molar-refractivity contribution in [1.82, 2.24) is 14.9 Å². The van der Waals surface area contributed by atoms with E-state index < -0.39 is 0 Å². The lowest BCUT2D eigenvalue weighted by Gasteiger charge is -2.36. The number of benzene rings is 2. The summed E-state index contributed by atoms with van der Waals surface area (Å²) in [4.78, 5) is 25.8. The fourth-order valence-electron chi connectivity index (χ4n) is 3.61. The lowest BCUT2D eigenvalue weighted by atomic mass is 10.1. The number of halogens is 2. The van der Waals surface area contributed by atoms with Crippen LogP contribution in [0.4, 0.5) is 10.2 Å². The molecule has 0 bridgehead atoms. The van der Waals surface area contributed by atoms with E-state index in [2.05, 4.69) is 9.88 Å². The van der Waals surface area contributed by atoms with Gasteiger partial charge >= 0.3 is 0 Å². The zero-order valence-electron chi connectivity index (χ0n) is 18.0. The number of anilines is 1. The molecule has 2 heterocycles. The standard InChI is InChI=1S/C24H24ClFN4O2/c1-16-17(2)27-23(18-4-3-5-20(26)14-18)28-24(16)30-12-10-29(11-13-30)22(31)15-32-21-8-6-19(25)7-9-21/h3-9,14H,10-13,15H2,1-2H3. The Morgan fingerprint density at radius 2 is 1.78 bits per heavy atom. The van der Waals surface area contributed by atoms with Crippen LogP contribution in [0.2, 0.25) is 5.02 Å². The van der Waals surface area contributed by atoms with Crippen LogP contribution in [0, 0.1) is 19.7 Å². The Labute approximate surface area is 191 Å². The highest BCUT2D eigenvalue weighted by atomic mass is 35.5. The fraction of sp³-hybridized carbons (Fsp3) is 0.292. The molecule has 1 aromatic heterocycles. The van der Waals surface area contributed by atoms with E-state index >= 15 is 0 Å². The summed E-state index contributed by atoms with van der Waals surface area (Å²) < 4.78 is 19.3. The highest BCUT2D eigenvalue weighted by Gasteiger charge is 2.24. The summed E-state index contributed by atoms with van der Waals surface area (Å²) in [6, 6.07) is 13.2. The number of carbonyl (C=O) groups is 1. The summed E-state index contributed by atoms with van der Waals surface area (Å²) in [6.45, 7) is 6.33. The number of amides is 1. The molecule has 1 fully saturated rings. The van der Waals surface area contributed by atoms with Crippen molar-refractivity contribution in [3.8, 4) is 17.1 Å². The van der Waals surface area contributed by atoms with Crippen LogP contribution in [0.5, 0.6) is 5.75 Å². The predicted molar refractivity (Wildman–Crippen MR) is 123 cm³/mol. The monoisotopic (exact) mass is 454 g/mol. The third kappa shape index (κ3) is 4.99. The van der Waals surface area contributed by atoms with Crippen molar-refractivity contribution < 1.29 is 13.9 Å². The third-order valence-electron chi connectivity index (χ3n) is 5.55. The molecule has 1 amide bonds. The first kappa shape index (κ1) is 22.0. The number of carbonyl (C=O) groups excluding carboxylic acids is 1. The van der Waals surface area contributed by atoms with Crippen LogP contribution in [0.3, 0.4) is 0 Å². The van der Waals surface area contributed by atoms with Crippen LogP contribution >= 0.6 is 11.6 Å². The maximum atomic E-state index is 13.7. The van der Waals surface area contributed by atoms with Crippen LogP contribution in [0.1, 0.15) is 11.3 Å². The first-order chi connectivity index (χ1) is 15.4. The normalized spacial score (nSPS) is 13.9. The maximum absolute atomic E-state index is 13.7. The Morgan fingerprint density at radius 1 is 1.06 bits per heavy atom. The zero-order valence-corrected chi connectivity index (χ0v) is 18.8. The van der Waals surface area contributed by atoms with Crippen molar-refractivity contribution in [2.24, 2.45) is 0 Å². The molecule has 1 aliphatic rings. The Hall–Kier alpha value is -3.19. The van der Waals surface area contributed by atoms with Crippen LogP contribution < -0.4 is 9.64 Å². The van der Waals surface area contributed by atoms with Crippen LogP contribution in [0.25, 0.3) is 11.4 Å². The third-order valence-corrected chi connectivity index (χ3v) is 5.81. The second kappa shape index (κ2) is 9.53. The largest absolute Gasteiger partial charge is 0.484 e. The molecule has 32 heavy (non-hydrogen) atoms. The van der Waals surface area contributed by atoms with Gasteiger partial charge in [-0.2, -0.15) is 0 Å². The van der Waals surface area contributed by atoms with Crippen molar-refractivity contribution in [1.29, 1.82) is 0 Å². The van der Waals surface area contributed by atoms with Gasteiger partial charge in [0.1, 0.15) is 17.4 Å². The van der Waals surface area contributed by atoms with Gasteiger partial charge in [0.2, 0.25) is 0 Å². The Balaban J connectivity index is 1.41. The molecule has 8 heteroatoms. The number of aryl methyl sites for hydroxylation is 1. The van der Waals surface area contributed by atoms with Gasteiger partial charge in [0, 0.05) is 48.0 Å². The summed E-state index contributed by atoms with van der Waals surface area (Å²) in [7, 11) is 0. The molecule has 0 saturated carbocycles. The van der Waals surface area contributed by atoms with Crippen molar-refractivity contribution in [3.05, 3.63) is 70.6 Å². The van der Waals surface area contributed by atoms with E-state index in [1.54, 1.807) is 41.3 Å². The molecule has 0 N–H and O–H groups in total. The Morgan fingerprint density at radius 3 is 2.47 bits per heavy atom. The van der Waals surface area contributed by atoms with E-state index in [4.69, 9.17) is 21.3 Å². The van der Waals surface area contributed by atoms with Crippen molar-refractivity contribution in [3.63, 3.8) is 0 Å². The minimum absolute atomic E-state index is 0.0169. The van der Waals surface area contributed by atoms with Gasteiger partial charge in [-0.15, -0.1) is 0 Å². The SMILES string of the molecule is Cc1nc(-c2cccc(F)c2)nc(N2CCN(C(=O)COc3ccc(Cl)cc3)CC2)c1C. The number of rotatable bonds is 5. The van der Waals surface area contributed by atoms with E-state index in [0.29, 0.717) is 48.3 Å². The van der Waals surface area contributed by atoms with Crippen LogP contribution in [-0.2, 0) is 4.79 Å². The highest BCUT2D eigenvalue weighted by Crippen LogP contribution is 2.26. The van der Waals surface area contributed by atoms with Gasteiger partial charge in [-0.05, 0) is 50.2 Å². The van der Waals surface area contributed by atoms with Gasteiger partial charge in [0.25, 0.3) is 5.91 Å². The van der Waals surface area contributed by atoms with Gasteiger partial charge in [0.05, 0.1) is 0 Å². The molecular weight excluding hydrogens is 431 g/mol. The summed E-state index contributed by atoms with van der Waals surface area (Å²) in [5.41, 5.74) is 2.47. The average Bonchev–Trinajstić information content (AvgIpc) is 2.80. The quantitative estimate of drug-likeness (QED) is 0.576. The van der Waals surface area contributed by atoms with Gasteiger partial charge in [0.15, 0.2) is 12.4 Å². The lowest BCUT2D eigenvalue weighted by Crippen LogP contribution is -2.50. The molecule has 6 nitrogen and oxygen atoms in total. The van der Waals surface area contributed by atoms with E-state index in [1.807, 2.05) is 13.8 Å². The first-order valence-corrected chi connectivity index (χ1v) is 10.8. The predicted octanol–water partition coefficient (Wildman–Crippen LogP) is 4.28. The average molecular weight is 455 g/mol. The van der Waals surface area contributed by atoms with Gasteiger partial charge in [-0.1, -0.05) is 23.7 Å². The number of hydrogen-bond donors (Lipinski definition) is 0. The molecule has 166 valence electrons. The van der Waals surface area contributed by atoms with Crippen LogP contribution in [0.15, 0.2) is 48.5 Å². The van der Waals surface area contributed by atoms with Gasteiger partial charge in [-0.25, -0.2) is 14.4 Å². The topological polar surface area (TPSA) is 58.6 Å². The van der Waals surface area contributed by atoms with E-state index in [-0.39, 0.29) is 18.3 Å². The van der Waals surface area contributed by atoms with Crippen LogP contribution in [-0.4, -0.2) is 53.6 Å². The summed E-state index contributed by atoms with van der Waals surface area (Å²) in [6.07, 6.45) is 0. The number of ether oxygens (including phenoxy) is 1. The highest BCUT2D eigenvalue weighted by molar-refractivity contribution is 6.30. The molecule has 0 radical (unpaired) electrons. The summed E-state index contributed by atoms with van der Waals surface area (Å²) >= 11 is 5.87. The molecule has 3 aromatic rings. The first-order valence-electron chi connectivity index (χ1n) is 10.4. The molecule has 0 spiro atoms. The molecule has 4 rings (SSSR count). The number of piperazine rings is 1.